The van der Waals surface area contributed by atoms with Crippen LogP contribution in [0.2, 0.25) is 0 Å². The maximum Gasteiger partial charge on any atom is 0.327 e. The Kier molecular flexibility index (Phi) is 30.2. The zero-order chi connectivity index (χ0) is 54.0. The van der Waals surface area contributed by atoms with Crippen LogP contribution in [0.4, 0.5) is 0 Å². The highest BCUT2D eigenvalue weighted by Crippen LogP contribution is 2.12. The first-order chi connectivity index (χ1) is 33.4. The number of carboxylic acid groups (broad SMARTS) is 1. The van der Waals surface area contributed by atoms with Crippen molar-refractivity contribution in [1.29, 1.82) is 0 Å². The van der Waals surface area contributed by atoms with E-state index in [0.717, 1.165) is 0 Å². The molecule has 1 rings (SSSR count). The number of hydrogen-bond donors (Lipinski definition) is 14. The molecule has 1 aromatic carbocycles. The van der Waals surface area contributed by atoms with E-state index in [1.807, 2.05) is 0 Å². The van der Waals surface area contributed by atoms with Crippen LogP contribution in [0.1, 0.15) is 79.7 Å². The van der Waals surface area contributed by atoms with Gasteiger partial charge in [-0.2, -0.15) is 37.0 Å². The number of aliphatic hydroxyl groups excluding tert-OH is 1. The SMILES string of the molecule is CSCC[C@H](NC(=O)CNC(=O)[C@@H](N)CS)C(=O)N[C@@H](CC(C)C)C(=O)N[C@@H](CO)C(=O)N[C@@H](CC(C)C)C(=O)N[C@@H](C)C(=O)N[C@@H](CC(C)C)C(=O)N[C@@H](Cc1ccccc1)C(=O)N[C@@H](CS)C(=O)O. The van der Waals surface area contributed by atoms with Gasteiger partial charge in [-0.05, 0) is 67.9 Å². The predicted octanol–water partition coefficient (Wildman–Crippen LogP) is -1.60. The third kappa shape index (κ3) is 24.7. The van der Waals surface area contributed by atoms with Crippen LogP contribution in [0.25, 0.3) is 0 Å². The number of carbonyl (C=O) groups is 10. The van der Waals surface area contributed by atoms with Crippen molar-refractivity contribution in [3.05, 3.63) is 35.9 Å². The zero-order valence-corrected chi connectivity index (χ0v) is 44.3. The number of aliphatic carboxylic acids is 1. The second-order valence-electron chi connectivity index (χ2n) is 18.3. The van der Waals surface area contributed by atoms with Gasteiger partial charge < -0.3 is 63.8 Å². The molecule has 9 amide bonds. The van der Waals surface area contributed by atoms with Gasteiger partial charge in [0.25, 0.3) is 0 Å². The summed E-state index contributed by atoms with van der Waals surface area (Å²) in [6, 6.07) is -2.58. The molecule has 0 fully saturated rings. The molecular weight excluding hydrogens is 981 g/mol. The molecule has 13 N–H and O–H groups in total. The van der Waals surface area contributed by atoms with Crippen LogP contribution in [0.15, 0.2) is 30.3 Å². The average molecular weight is 1060 g/mol. The summed E-state index contributed by atoms with van der Waals surface area (Å²) in [6.07, 6.45) is 2.20. The maximum absolute atomic E-state index is 13.8. The van der Waals surface area contributed by atoms with Crippen LogP contribution in [0.5, 0.6) is 0 Å². The van der Waals surface area contributed by atoms with Gasteiger partial charge in [0.15, 0.2) is 0 Å². The van der Waals surface area contributed by atoms with E-state index < -0.39 is 127 Å². The molecule has 1 aromatic rings. The molecular formula is C46H76N10O12S3. The minimum atomic E-state index is -1.60. The first-order valence-electron chi connectivity index (χ1n) is 23.4. The number of carbonyl (C=O) groups excluding carboxylic acids is 9. The van der Waals surface area contributed by atoms with E-state index in [2.05, 4.69) is 73.1 Å². The van der Waals surface area contributed by atoms with Crippen LogP contribution in [-0.4, -0.2) is 160 Å². The predicted molar refractivity (Wildman–Crippen MR) is 276 cm³/mol. The van der Waals surface area contributed by atoms with Gasteiger partial charge >= 0.3 is 5.97 Å². The lowest BCUT2D eigenvalue weighted by Gasteiger charge is -2.28. The molecule has 400 valence electrons. The van der Waals surface area contributed by atoms with Crippen molar-refractivity contribution in [2.45, 2.75) is 135 Å². The molecule has 0 unspecified atom stereocenters. The third-order valence-corrected chi connectivity index (χ3v) is 11.9. The first kappa shape index (κ1) is 63.9. The summed E-state index contributed by atoms with van der Waals surface area (Å²) < 4.78 is 0. The highest BCUT2D eigenvalue weighted by molar-refractivity contribution is 7.98. The number of thioether (sulfide) groups is 1. The van der Waals surface area contributed by atoms with Crippen molar-refractivity contribution in [1.82, 2.24) is 47.9 Å². The van der Waals surface area contributed by atoms with E-state index in [-0.39, 0.29) is 61.4 Å². The molecule has 0 aliphatic carbocycles. The standard InChI is InChI=1S/C46H76N10O12S3/c1-24(2)16-31(53-45(66)35(21-57)55-43(64)33(18-26(5)6)52-40(61)30(14-15-71-8)50-37(58)20-48-39(60)29(47)22-69)41(62)49-27(7)38(59)51-32(17-25(3)4)42(63)54-34(19-28-12-10-9-11-13-28)44(65)56-36(23-70)46(67)68/h9-13,24-27,29-36,57,69-70H,14-23,47H2,1-8H3,(H,48,60)(H,49,62)(H,50,58)(H,51,59)(H,52,61)(H,53,66)(H,54,63)(H,55,64)(H,56,65)(H,67,68)/t27-,29-,30-,31-,32-,33-,34-,35-,36-/m0/s1. The fourth-order valence-electron chi connectivity index (χ4n) is 6.72. The van der Waals surface area contributed by atoms with E-state index in [4.69, 9.17) is 5.73 Å². The second kappa shape index (κ2) is 33.5. The van der Waals surface area contributed by atoms with Gasteiger partial charge in [-0.25, -0.2) is 4.79 Å². The van der Waals surface area contributed by atoms with Gasteiger partial charge in [0.05, 0.1) is 19.2 Å². The molecule has 0 aliphatic heterocycles. The second-order valence-corrected chi connectivity index (χ2v) is 20.0. The van der Waals surface area contributed by atoms with Crippen LogP contribution in [0.3, 0.4) is 0 Å². The number of thiol groups is 2. The van der Waals surface area contributed by atoms with Crippen molar-refractivity contribution < 1.29 is 58.2 Å². The Morgan fingerprint density at radius 1 is 0.549 bits per heavy atom. The minimum absolute atomic E-state index is 0.0108. The molecule has 0 aromatic heterocycles. The van der Waals surface area contributed by atoms with E-state index in [1.165, 1.54) is 18.7 Å². The Hall–Kier alpha value is -5.11. The summed E-state index contributed by atoms with van der Waals surface area (Å²) in [5.74, 6) is -8.46. The minimum Gasteiger partial charge on any atom is -0.480 e. The molecule has 0 saturated heterocycles. The normalized spacial score (nSPS) is 15.0. The Bertz CT molecular complexity index is 1930. The topological polar surface area (TPSA) is 345 Å². The van der Waals surface area contributed by atoms with Crippen molar-refractivity contribution in [2.24, 2.45) is 23.5 Å². The summed E-state index contributed by atoms with van der Waals surface area (Å²) >= 11 is 9.38. The molecule has 71 heavy (non-hydrogen) atoms. The Morgan fingerprint density at radius 3 is 1.42 bits per heavy atom. The van der Waals surface area contributed by atoms with Crippen LogP contribution in [0, 0.1) is 17.8 Å². The van der Waals surface area contributed by atoms with Crippen molar-refractivity contribution in [3.8, 4) is 0 Å². The zero-order valence-electron chi connectivity index (χ0n) is 41.7. The third-order valence-electron chi connectivity index (χ3n) is 10.5. The summed E-state index contributed by atoms with van der Waals surface area (Å²) in [4.78, 5) is 132. The molecule has 0 spiro atoms. The Labute approximate surface area is 431 Å². The first-order valence-corrected chi connectivity index (χ1v) is 26.1. The van der Waals surface area contributed by atoms with E-state index >= 15 is 0 Å². The molecule has 22 nitrogen and oxygen atoms in total. The smallest absolute Gasteiger partial charge is 0.327 e. The molecule has 0 aliphatic rings. The van der Waals surface area contributed by atoms with Gasteiger partial charge in [-0.3, -0.25) is 43.2 Å². The van der Waals surface area contributed by atoms with Crippen LogP contribution < -0.4 is 53.6 Å². The lowest BCUT2D eigenvalue weighted by Crippen LogP contribution is -2.61. The number of aliphatic hydroxyl groups is 1. The van der Waals surface area contributed by atoms with E-state index in [0.29, 0.717) is 11.3 Å². The Morgan fingerprint density at radius 2 is 0.972 bits per heavy atom. The van der Waals surface area contributed by atoms with Gasteiger partial charge in [0.1, 0.15) is 48.3 Å². The molecule has 0 saturated carbocycles. The number of benzene rings is 1. The largest absolute Gasteiger partial charge is 0.480 e. The van der Waals surface area contributed by atoms with E-state index in [1.54, 1.807) is 78.1 Å². The lowest BCUT2D eigenvalue weighted by atomic mass is 10.0. The average Bonchev–Trinajstić information content (AvgIpc) is 3.30. The lowest BCUT2D eigenvalue weighted by molar-refractivity contribution is -0.141. The number of nitrogens with two attached hydrogens (primary N) is 1. The fourth-order valence-corrected chi connectivity index (χ4v) is 7.60. The van der Waals surface area contributed by atoms with Gasteiger partial charge in [-0.15, -0.1) is 0 Å². The number of rotatable bonds is 33. The molecule has 0 bridgehead atoms. The number of nitrogens with one attached hydrogen (secondary N) is 9. The highest BCUT2D eigenvalue weighted by Gasteiger charge is 2.34. The number of amides is 9. The highest BCUT2D eigenvalue weighted by atomic mass is 32.2. The van der Waals surface area contributed by atoms with Crippen molar-refractivity contribution in [3.63, 3.8) is 0 Å². The van der Waals surface area contributed by atoms with E-state index in [9.17, 15) is 58.2 Å². The van der Waals surface area contributed by atoms with Crippen molar-refractivity contribution in [2.75, 3.05) is 36.7 Å². The number of carboxylic acids is 1. The van der Waals surface area contributed by atoms with Gasteiger partial charge in [0, 0.05) is 17.9 Å². The van der Waals surface area contributed by atoms with Crippen LogP contribution >= 0.6 is 37.0 Å². The fraction of sp³-hybridized carbons (Fsp3) is 0.652. The summed E-state index contributed by atoms with van der Waals surface area (Å²) in [6.45, 7) is 10.7. The molecule has 0 heterocycles. The summed E-state index contributed by atoms with van der Waals surface area (Å²) in [5, 5.41) is 42.6. The van der Waals surface area contributed by atoms with Crippen molar-refractivity contribution >= 4 is 96.2 Å². The van der Waals surface area contributed by atoms with Gasteiger partial charge in [-0.1, -0.05) is 71.9 Å². The maximum atomic E-state index is 13.8. The molecule has 9 atom stereocenters. The van der Waals surface area contributed by atoms with Gasteiger partial charge in [0.2, 0.25) is 53.2 Å². The molecule has 25 heteroatoms. The molecule has 0 radical (unpaired) electrons. The van der Waals surface area contributed by atoms with Crippen LogP contribution in [-0.2, 0) is 54.4 Å². The summed E-state index contributed by atoms with van der Waals surface area (Å²) in [5.41, 5.74) is 6.30. The Balaban J connectivity index is 3.20. The summed E-state index contributed by atoms with van der Waals surface area (Å²) in [7, 11) is 0. The number of hydrogen-bond acceptors (Lipinski definition) is 15. The monoisotopic (exact) mass is 1060 g/mol. The quantitative estimate of drug-likeness (QED) is 0.0353.